The van der Waals surface area contributed by atoms with E-state index < -0.39 is 0 Å². The number of amides is 1. The third-order valence-electron chi connectivity index (χ3n) is 3.91. The lowest BCUT2D eigenvalue weighted by molar-refractivity contribution is -0.119. The number of rotatable bonds is 6. The van der Waals surface area contributed by atoms with Gasteiger partial charge >= 0.3 is 0 Å². The van der Waals surface area contributed by atoms with Crippen molar-refractivity contribution in [2.45, 2.75) is 13.0 Å². The van der Waals surface area contributed by atoms with Crippen molar-refractivity contribution in [3.05, 3.63) is 30.2 Å². The van der Waals surface area contributed by atoms with Gasteiger partial charge in [0.15, 0.2) is 11.6 Å². The van der Waals surface area contributed by atoms with Crippen molar-refractivity contribution in [3.63, 3.8) is 0 Å². The van der Waals surface area contributed by atoms with Gasteiger partial charge in [-0.15, -0.1) is 5.10 Å². The van der Waals surface area contributed by atoms with Gasteiger partial charge in [-0.3, -0.25) is 9.69 Å². The van der Waals surface area contributed by atoms with Crippen molar-refractivity contribution in [1.82, 2.24) is 20.3 Å². The first-order chi connectivity index (χ1) is 12.1. The summed E-state index contributed by atoms with van der Waals surface area (Å²) < 4.78 is 10.8. The number of hydrogen-bond acceptors (Lipinski definition) is 8. The van der Waals surface area contributed by atoms with Crippen LogP contribution in [0.4, 0.5) is 11.6 Å². The second-order valence-electron chi connectivity index (χ2n) is 6.06. The number of anilines is 2. The van der Waals surface area contributed by atoms with Gasteiger partial charge in [-0.1, -0.05) is 5.16 Å². The summed E-state index contributed by atoms with van der Waals surface area (Å²) in [6.45, 7) is 4.74. The predicted octanol–water partition coefficient (Wildman–Crippen LogP) is 0.549. The highest BCUT2D eigenvalue weighted by atomic mass is 16.5. The monoisotopic (exact) mass is 346 g/mol. The van der Waals surface area contributed by atoms with Crippen LogP contribution in [0.3, 0.4) is 0 Å². The van der Waals surface area contributed by atoms with Gasteiger partial charge in [0, 0.05) is 38.9 Å². The molecule has 1 amide bonds. The van der Waals surface area contributed by atoms with E-state index in [1.807, 2.05) is 24.1 Å². The Hall–Kier alpha value is -2.52. The maximum absolute atomic E-state index is 12.1. The molecule has 0 radical (unpaired) electrons. The van der Waals surface area contributed by atoms with E-state index in [-0.39, 0.29) is 12.0 Å². The van der Waals surface area contributed by atoms with E-state index >= 15 is 0 Å². The molecule has 0 saturated carbocycles. The van der Waals surface area contributed by atoms with Gasteiger partial charge in [-0.2, -0.15) is 5.10 Å². The molecule has 1 aliphatic rings. The largest absolute Gasteiger partial charge is 0.374 e. The van der Waals surface area contributed by atoms with E-state index in [1.54, 1.807) is 19.2 Å². The molecule has 0 bridgehead atoms. The molecule has 1 fully saturated rings. The number of hydrogen-bond donors (Lipinski definition) is 1. The van der Waals surface area contributed by atoms with E-state index in [0.29, 0.717) is 37.8 Å². The molecule has 9 heteroatoms. The van der Waals surface area contributed by atoms with Crippen LogP contribution in [0.1, 0.15) is 5.76 Å². The number of nitrogens with one attached hydrogen (secondary N) is 1. The predicted molar refractivity (Wildman–Crippen MR) is 91.4 cm³/mol. The number of carbonyl (C=O) groups excluding carboxylic acids is 1. The Morgan fingerprint density at radius 2 is 2.40 bits per heavy atom. The summed E-state index contributed by atoms with van der Waals surface area (Å²) in [7, 11) is 1.95. The van der Waals surface area contributed by atoms with Gasteiger partial charge in [0.05, 0.1) is 19.3 Å². The number of nitrogens with zero attached hydrogens (tertiary/aromatic N) is 5. The highest BCUT2D eigenvalue weighted by Crippen LogP contribution is 2.12. The summed E-state index contributed by atoms with van der Waals surface area (Å²) in [5, 5.41) is 14.5. The number of ether oxygens (including phenoxy) is 1. The Morgan fingerprint density at radius 1 is 1.52 bits per heavy atom. The van der Waals surface area contributed by atoms with E-state index in [9.17, 15) is 4.79 Å². The average Bonchev–Trinajstić information content (AvgIpc) is 3.00. The van der Waals surface area contributed by atoms with Gasteiger partial charge in [0.2, 0.25) is 5.91 Å². The van der Waals surface area contributed by atoms with Crippen LogP contribution >= 0.6 is 0 Å². The zero-order valence-electron chi connectivity index (χ0n) is 14.4. The van der Waals surface area contributed by atoms with Crippen LogP contribution in [-0.2, 0) is 9.53 Å². The van der Waals surface area contributed by atoms with Crippen molar-refractivity contribution in [2.75, 3.05) is 50.1 Å². The van der Waals surface area contributed by atoms with Crippen LogP contribution in [0, 0.1) is 6.92 Å². The molecule has 0 unspecified atom stereocenters. The zero-order chi connectivity index (χ0) is 17.6. The van der Waals surface area contributed by atoms with Gasteiger partial charge in [0.1, 0.15) is 5.76 Å². The first-order valence-corrected chi connectivity index (χ1v) is 8.16. The van der Waals surface area contributed by atoms with Gasteiger partial charge in [0.25, 0.3) is 0 Å². The van der Waals surface area contributed by atoms with Crippen molar-refractivity contribution in [3.8, 4) is 0 Å². The van der Waals surface area contributed by atoms with Crippen molar-refractivity contribution >= 4 is 17.5 Å². The smallest absolute Gasteiger partial charge is 0.239 e. The van der Waals surface area contributed by atoms with Crippen LogP contribution in [-0.4, -0.2) is 72.1 Å². The maximum Gasteiger partial charge on any atom is 0.239 e. The second-order valence-corrected chi connectivity index (χ2v) is 6.06. The van der Waals surface area contributed by atoms with Crippen LogP contribution in [0.5, 0.6) is 0 Å². The first-order valence-electron chi connectivity index (χ1n) is 8.16. The Bertz CT molecular complexity index is 692. The second kappa shape index (κ2) is 8.04. The lowest BCUT2D eigenvalue weighted by Gasteiger charge is -2.34. The van der Waals surface area contributed by atoms with E-state index in [0.717, 1.165) is 12.4 Å². The molecular formula is C16H22N6O3. The van der Waals surface area contributed by atoms with Crippen molar-refractivity contribution in [1.29, 1.82) is 0 Å². The molecule has 2 aromatic heterocycles. The van der Waals surface area contributed by atoms with Gasteiger partial charge in [-0.05, 0) is 19.1 Å². The fourth-order valence-corrected chi connectivity index (χ4v) is 2.74. The molecular weight excluding hydrogens is 324 g/mol. The minimum absolute atomic E-state index is 0.00264. The van der Waals surface area contributed by atoms with Crippen LogP contribution < -0.4 is 10.2 Å². The summed E-state index contributed by atoms with van der Waals surface area (Å²) >= 11 is 0. The van der Waals surface area contributed by atoms with E-state index in [1.165, 1.54) is 0 Å². The highest BCUT2D eigenvalue weighted by molar-refractivity contribution is 5.91. The van der Waals surface area contributed by atoms with Crippen molar-refractivity contribution < 1.29 is 14.1 Å². The summed E-state index contributed by atoms with van der Waals surface area (Å²) in [6, 6.07) is 5.44. The number of aromatic nitrogens is 3. The highest BCUT2D eigenvalue weighted by Gasteiger charge is 2.24. The van der Waals surface area contributed by atoms with Crippen LogP contribution in [0.25, 0.3) is 0 Å². The van der Waals surface area contributed by atoms with Crippen LogP contribution in [0.2, 0.25) is 0 Å². The fraction of sp³-hybridized carbons (Fsp3) is 0.500. The van der Waals surface area contributed by atoms with Crippen molar-refractivity contribution in [2.24, 2.45) is 0 Å². The summed E-state index contributed by atoms with van der Waals surface area (Å²) in [6.07, 6.45) is 1.65. The third-order valence-corrected chi connectivity index (χ3v) is 3.91. The summed E-state index contributed by atoms with van der Waals surface area (Å²) in [4.78, 5) is 16.2. The number of carbonyl (C=O) groups is 1. The molecule has 1 aliphatic heterocycles. The van der Waals surface area contributed by atoms with Gasteiger partial charge in [-0.25, -0.2) is 0 Å². The molecule has 1 atom stereocenters. The maximum atomic E-state index is 12.1. The van der Waals surface area contributed by atoms with E-state index in [4.69, 9.17) is 9.26 Å². The van der Waals surface area contributed by atoms with Gasteiger partial charge < -0.3 is 19.5 Å². The summed E-state index contributed by atoms with van der Waals surface area (Å²) in [5.41, 5.74) is 0. The molecule has 134 valence electrons. The molecule has 3 rings (SSSR count). The Labute approximate surface area is 145 Å². The molecule has 1 saturated heterocycles. The SMILES string of the molecule is Cc1cc(NC(=O)CN2CCO[C@@H](CN(C)c3cccnn3)C2)no1. The number of likely N-dealkylation sites (N-methyl/N-ethyl adjacent to an activating group) is 1. The molecule has 0 aromatic carbocycles. The number of aryl methyl sites for hydroxylation is 1. The fourth-order valence-electron chi connectivity index (χ4n) is 2.74. The normalized spacial score (nSPS) is 18.1. The molecule has 3 heterocycles. The Morgan fingerprint density at radius 3 is 3.12 bits per heavy atom. The molecule has 0 spiro atoms. The lowest BCUT2D eigenvalue weighted by atomic mass is 10.2. The zero-order valence-corrected chi connectivity index (χ0v) is 14.4. The minimum atomic E-state index is -0.115. The first kappa shape index (κ1) is 17.3. The quantitative estimate of drug-likeness (QED) is 0.810. The Balaban J connectivity index is 1.48. The summed E-state index contributed by atoms with van der Waals surface area (Å²) in [5.74, 6) is 1.78. The molecule has 9 nitrogen and oxygen atoms in total. The number of morpholine rings is 1. The van der Waals surface area contributed by atoms with E-state index in [2.05, 4.69) is 25.6 Å². The molecule has 2 aromatic rings. The molecule has 1 N–H and O–H groups in total. The lowest BCUT2D eigenvalue weighted by Crippen LogP contribution is -2.49. The minimum Gasteiger partial charge on any atom is -0.374 e. The average molecular weight is 346 g/mol. The molecule has 25 heavy (non-hydrogen) atoms. The third kappa shape index (κ3) is 4.97. The molecule has 0 aliphatic carbocycles. The standard InChI is InChI=1S/C16H22N6O3/c1-12-8-14(20-25-12)18-16(23)11-22-6-7-24-13(10-22)9-21(2)15-4-3-5-17-19-15/h3-5,8,13H,6-7,9-11H2,1-2H3,(H,18,20,23)/t13-/m0/s1. The topological polar surface area (TPSA) is 96.6 Å². The van der Waals surface area contributed by atoms with Crippen LogP contribution in [0.15, 0.2) is 28.9 Å². The Kier molecular flexibility index (Phi) is 5.56.